The molecule has 0 saturated heterocycles. The summed E-state index contributed by atoms with van der Waals surface area (Å²) in [5, 5.41) is 23.2. The van der Waals surface area contributed by atoms with Crippen molar-refractivity contribution < 1.29 is 10.4 Å². The molecule has 0 spiro atoms. The Labute approximate surface area is 139 Å². The highest BCUT2D eigenvalue weighted by Crippen LogP contribution is 2.25. The fourth-order valence-electron chi connectivity index (χ4n) is 2.41. The van der Waals surface area contributed by atoms with Crippen LogP contribution in [0.15, 0.2) is 77.3 Å². The summed E-state index contributed by atoms with van der Waals surface area (Å²) in [7, 11) is 0. The van der Waals surface area contributed by atoms with Crippen molar-refractivity contribution >= 4 is 12.4 Å². The van der Waals surface area contributed by atoms with Crippen LogP contribution in [0.4, 0.5) is 0 Å². The van der Waals surface area contributed by atoms with Gasteiger partial charge in [0.1, 0.15) is 0 Å². The molecule has 0 aliphatic carbocycles. The lowest BCUT2D eigenvalue weighted by atomic mass is 10.0. The van der Waals surface area contributed by atoms with Crippen LogP contribution in [0.25, 0.3) is 22.3 Å². The number of benzene rings is 2. The molecule has 0 bridgehead atoms. The van der Waals surface area contributed by atoms with E-state index in [2.05, 4.69) is 21.4 Å². The quantitative estimate of drug-likeness (QED) is 0.433. The molecule has 118 valence electrons. The summed E-state index contributed by atoms with van der Waals surface area (Å²) in [6.45, 7) is 0. The number of hydrogen-bond donors (Lipinski definition) is 2. The van der Waals surface area contributed by atoms with E-state index in [9.17, 15) is 0 Å². The van der Waals surface area contributed by atoms with E-state index in [1.807, 2.05) is 60.9 Å². The van der Waals surface area contributed by atoms with Crippen LogP contribution in [0.5, 0.6) is 0 Å². The van der Waals surface area contributed by atoms with E-state index in [0.29, 0.717) is 0 Å². The number of rotatable bonds is 4. The van der Waals surface area contributed by atoms with E-state index in [4.69, 9.17) is 10.4 Å². The first-order valence-corrected chi connectivity index (χ1v) is 7.31. The SMILES string of the molecule is O/N=C/c1ccc(-c2cncc(-c3ccc(/C=N/O)cc3)c2)cc1. The fourth-order valence-corrected chi connectivity index (χ4v) is 2.41. The average molecular weight is 317 g/mol. The summed E-state index contributed by atoms with van der Waals surface area (Å²) in [5.41, 5.74) is 5.71. The lowest BCUT2D eigenvalue weighted by molar-refractivity contribution is 0.321. The van der Waals surface area contributed by atoms with Gasteiger partial charge in [-0.3, -0.25) is 4.98 Å². The maximum Gasteiger partial charge on any atom is 0.0733 e. The monoisotopic (exact) mass is 317 g/mol. The Morgan fingerprint density at radius 1 is 0.625 bits per heavy atom. The molecule has 0 amide bonds. The minimum atomic E-state index is 0.825. The molecule has 1 aromatic heterocycles. The van der Waals surface area contributed by atoms with Crippen LogP contribution in [-0.2, 0) is 0 Å². The third-order valence-corrected chi connectivity index (χ3v) is 3.64. The summed E-state index contributed by atoms with van der Waals surface area (Å²) in [5.74, 6) is 0. The van der Waals surface area contributed by atoms with Crippen molar-refractivity contribution in [3.63, 3.8) is 0 Å². The van der Waals surface area contributed by atoms with Gasteiger partial charge in [0, 0.05) is 23.5 Å². The van der Waals surface area contributed by atoms with Gasteiger partial charge >= 0.3 is 0 Å². The first kappa shape index (κ1) is 15.4. The standard InChI is InChI=1S/C19H15N3O2/c23-21-10-14-1-5-16(6-2-14)18-9-19(13-20-12-18)17-7-3-15(4-8-17)11-22-24/h1-13,23-24H/b21-10+,22-11+. The minimum Gasteiger partial charge on any atom is -0.411 e. The number of hydrogen-bond acceptors (Lipinski definition) is 5. The first-order chi connectivity index (χ1) is 11.8. The van der Waals surface area contributed by atoms with Crippen LogP contribution in [0, 0.1) is 0 Å². The van der Waals surface area contributed by atoms with Crippen LogP contribution in [0.2, 0.25) is 0 Å². The van der Waals surface area contributed by atoms with Gasteiger partial charge in [-0.25, -0.2) is 0 Å². The molecule has 0 radical (unpaired) electrons. The van der Waals surface area contributed by atoms with Gasteiger partial charge in [-0.2, -0.15) is 0 Å². The molecule has 0 aliphatic rings. The number of oxime groups is 2. The zero-order valence-electron chi connectivity index (χ0n) is 12.7. The van der Waals surface area contributed by atoms with Crippen LogP contribution in [-0.4, -0.2) is 27.8 Å². The molecule has 3 aromatic rings. The van der Waals surface area contributed by atoms with E-state index in [1.54, 1.807) is 0 Å². The van der Waals surface area contributed by atoms with Crippen molar-refractivity contribution in [2.24, 2.45) is 10.3 Å². The van der Waals surface area contributed by atoms with Crippen LogP contribution in [0.1, 0.15) is 11.1 Å². The van der Waals surface area contributed by atoms with E-state index in [-0.39, 0.29) is 0 Å². The smallest absolute Gasteiger partial charge is 0.0733 e. The third kappa shape index (κ3) is 3.47. The summed E-state index contributed by atoms with van der Waals surface area (Å²) in [6.07, 6.45) is 6.39. The van der Waals surface area contributed by atoms with E-state index in [0.717, 1.165) is 33.4 Å². The van der Waals surface area contributed by atoms with Crippen LogP contribution >= 0.6 is 0 Å². The third-order valence-electron chi connectivity index (χ3n) is 3.64. The first-order valence-electron chi connectivity index (χ1n) is 7.31. The number of pyridine rings is 1. The highest BCUT2D eigenvalue weighted by molar-refractivity contribution is 5.82. The fraction of sp³-hybridized carbons (Fsp3) is 0. The van der Waals surface area contributed by atoms with E-state index < -0.39 is 0 Å². The molecule has 24 heavy (non-hydrogen) atoms. The lowest BCUT2D eigenvalue weighted by Crippen LogP contribution is -1.87. The van der Waals surface area contributed by atoms with Crippen molar-refractivity contribution in [2.75, 3.05) is 0 Å². The second-order valence-electron chi connectivity index (χ2n) is 5.20. The Bertz CT molecular complexity index is 799. The second-order valence-corrected chi connectivity index (χ2v) is 5.20. The molecular formula is C19H15N3O2. The van der Waals surface area contributed by atoms with Crippen LogP contribution in [0.3, 0.4) is 0 Å². The molecule has 0 aliphatic heterocycles. The molecule has 5 heteroatoms. The Balaban J connectivity index is 1.91. The lowest BCUT2D eigenvalue weighted by Gasteiger charge is -2.06. The molecule has 3 rings (SSSR count). The normalized spacial score (nSPS) is 11.3. The Hall–Kier alpha value is -3.47. The van der Waals surface area contributed by atoms with Gasteiger partial charge in [0.05, 0.1) is 12.4 Å². The van der Waals surface area contributed by atoms with Gasteiger partial charge in [0.15, 0.2) is 0 Å². The Kier molecular flexibility index (Phi) is 4.62. The highest BCUT2D eigenvalue weighted by Gasteiger charge is 2.03. The molecule has 0 unspecified atom stereocenters. The minimum absolute atomic E-state index is 0.825. The van der Waals surface area contributed by atoms with Crippen molar-refractivity contribution in [1.82, 2.24) is 4.98 Å². The molecule has 0 saturated carbocycles. The molecule has 2 N–H and O–H groups in total. The molecular weight excluding hydrogens is 302 g/mol. The summed E-state index contributed by atoms with van der Waals surface area (Å²) in [4.78, 5) is 4.32. The predicted octanol–water partition coefficient (Wildman–Crippen LogP) is 4.03. The van der Waals surface area contributed by atoms with Crippen molar-refractivity contribution in [3.05, 3.63) is 78.1 Å². The van der Waals surface area contributed by atoms with Gasteiger partial charge in [0.2, 0.25) is 0 Å². The van der Waals surface area contributed by atoms with Gasteiger partial charge in [-0.05, 0) is 28.3 Å². The number of nitrogens with zero attached hydrogens (tertiary/aromatic N) is 3. The van der Waals surface area contributed by atoms with Crippen molar-refractivity contribution in [2.45, 2.75) is 0 Å². The van der Waals surface area contributed by atoms with E-state index in [1.165, 1.54) is 12.4 Å². The largest absolute Gasteiger partial charge is 0.411 e. The second kappa shape index (κ2) is 7.19. The maximum absolute atomic E-state index is 8.56. The molecule has 0 atom stereocenters. The Morgan fingerprint density at radius 2 is 1.04 bits per heavy atom. The van der Waals surface area contributed by atoms with Gasteiger partial charge in [0.25, 0.3) is 0 Å². The topological polar surface area (TPSA) is 78.1 Å². The maximum atomic E-state index is 8.56. The van der Waals surface area contributed by atoms with Gasteiger partial charge < -0.3 is 10.4 Å². The molecule has 2 aromatic carbocycles. The molecule has 0 fully saturated rings. The van der Waals surface area contributed by atoms with Crippen molar-refractivity contribution in [3.8, 4) is 22.3 Å². The molecule has 1 heterocycles. The van der Waals surface area contributed by atoms with Gasteiger partial charge in [-0.15, -0.1) is 0 Å². The van der Waals surface area contributed by atoms with E-state index >= 15 is 0 Å². The number of aromatic nitrogens is 1. The van der Waals surface area contributed by atoms with Crippen LogP contribution < -0.4 is 0 Å². The predicted molar refractivity (Wildman–Crippen MR) is 93.9 cm³/mol. The molecule has 5 nitrogen and oxygen atoms in total. The Morgan fingerprint density at radius 3 is 1.42 bits per heavy atom. The average Bonchev–Trinajstić information content (AvgIpc) is 2.64. The highest BCUT2D eigenvalue weighted by atomic mass is 16.4. The van der Waals surface area contributed by atoms with Crippen molar-refractivity contribution in [1.29, 1.82) is 0 Å². The summed E-state index contributed by atoms with van der Waals surface area (Å²) >= 11 is 0. The summed E-state index contributed by atoms with van der Waals surface area (Å²) < 4.78 is 0. The zero-order valence-corrected chi connectivity index (χ0v) is 12.7. The summed E-state index contributed by atoms with van der Waals surface area (Å²) in [6, 6.07) is 17.4. The zero-order chi connectivity index (χ0) is 16.8. The van der Waals surface area contributed by atoms with Gasteiger partial charge in [-0.1, -0.05) is 58.8 Å².